The first kappa shape index (κ1) is 39.6. The van der Waals surface area contributed by atoms with Gasteiger partial charge in [-0.1, -0.05) is 31.9 Å². The van der Waals surface area contributed by atoms with Gasteiger partial charge in [0.05, 0.1) is 22.8 Å². The lowest BCUT2D eigenvalue weighted by atomic mass is 10.1. The molecule has 0 aliphatic rings. The molecule has 282 valence electrons. The molecule has 0 spiro atoms. The van der Waals surface area contributed by atoms with E-state index in [1.165, 1.54) is 72.0 Å². The Bertz CT molecular complexity index is 2330. The van der Waals surface area contributed by atoms with Crippen LogP contribution in [0.5, 0.6) is 23.0 Å². The summed E-state index contributed by atoms with van der Waals surface area (Å²) in [6.07, 6.45) is 1.99. The van der Waals surface area contributed by atoms with Crippen LogP contribution in [0.25, 0.3) is 20.8 Å². The maximum Gasteiger partial charge on any atom is 0.343 e. The highest BCUT2D eigenvalue weighted by molar-refractivity contribution is 7.22. The minimum absolute atomic E-state index is 0.0841. The molecule has 1 unspecified atom stereocenters. The average molecular weight is 775 g/mol. The molecule has 0 N–H and O–H groups in total. The van der Waals surface area contributed by atoms with Gasteiger partial charge in [-0.3, -0.25) is 0 Å². The zero-order chi connectivity index (χ0) is 40.0. The molecule has 0 bridgehead atoms. The molecule has 0 amide bonds. The highest BCUT2D eigenvalue weighted by atomic mass is 32.1. The van der Waals surface area contributed by atoms with Crippen molar-refractivity contribution in [1.29, 1.82) is 5.26 Å². The van der Waals surface area contributed by atoms with E-state index in [4.69, 9.17) is 38.1 Å². The number of fused-ring (bicyclic) bond motifs is 1. The van der Waals surface area contributed by atoms with Crippen LogP contribution in [-0.4, -0.2) is 60.9 Å². The summed E-state index contributed by atoms with van der Waals surface area (Å²) < 4.78 is 37.9. The predicted octanol–water partition coefficient (Wildman–Crippen LogP) is 6.54. The quantitative estimate of drug-likeness (QED) is 0.0326. The van der Waals surface area contributed by atoms with E-state index in [-0.39, 0.29) is 48.1 Å². The van der Waals surface area contributed by atoms with Gasteiger partial charge in [0, 0.05) is 23.8 Å². The van der Waals surface area contributed by atoms with E-state index in [1.807, 2.05) is 0 Å². The highest BCUT2D eigenvalue weighted by Crippen LogP contribution is 2.41. The minimum Gasteiger partial charge on any atom is -0.490 e. The smallest absolute Gasteiger partial charge is 0.343 e. The lowest BCUT2D eigenvalue weighted by molar-refractivity contribution is -0.154. The normalized spacial score (nSPS) is 10.8. The Morgan fingerprint density at radius 2 is 1.23 bits per heavy atom. The topological polar surface area (TPSA) is 187 Å². The predicted molar refractivity (Wildman–Crippen MR) is 201 cm³/mol. The van der Waals surface area contributed by atoms with Crippen molar-refractivity contribution in [3.05, 3.63) is 140 Å². The third-order valence-corrected chi connectivity index (χ3v) is 8.49. The number of rotatable bonds is 17. The van der Waals surface area contributed by atoms with Gasteiger partial charge in [0.1, 0.15) is 39.9 Å². The summed E-state index contributed by atoms with van der Waals surface area (Å²) in [6.45, 7) is 9.17. The van der Waals surface area contributed by atoms with Crippen LogP contribution in [0.2, 0.25) is 0 Å². The lowest BCUT2D eigenvalue weighted by Gasteiger charge is -2.17. The summed E-state index contributed by atoms with van der Waals surface area (Å²) in [6, 6.07) is 23.6. The fraction of sp³-hybridized carbons (Fsp3) is 0.0976. The second kappa shape index (κ2) is 19.0. The van der Waals surface area contributed by atoms with Gasteiger partial charge in [-0.2, -0.15) is 5.26 Å². The van der Waals surface area contributed by atoms with Crippen LogP contribution in [0.1, 0.15) is 26.3 Å². The Hall–Kier alpha value is -7.57. The number of hydrogen-bond acceptors (Lipinski definition) is 15. The summed E-state index contributed by atoms with van der Waals surface area (Å²) in [5.74, 6) is -2.62. The van der Waals surface area contributed by atoms with Crippen LogP contribution in [0.4, 0.5) is 0 Å². The molecule has 1 aromatic heterocycles. The van der Waals surface area contributed by atoms with E-state index < -0.39 is 36.0 Å². The van der Waals surface area contributed by atoms with E-state index in [1.54, 1.807) is 24.3 Å². The van der Waals surface area contributed by atoms with Crippen molar-refractivity contribution in [1.82, 2.24) is 4.98 Å². The number of hydrogen-bond donors (Lipinski definition) is 0. The maximum absolute atomic E-state index is 13.3. The van der Waals surface area contributed by atoms with Gasteiger partial charge < -0.3 is 33.2 Å². The Kier molecular flexibility index (Phi) is 13.4. The van der Waals surface area contributed by atoms with E-state index in [9.17, 15) is 29.2 Å². The minimum atomic E-state index is -0.951. The molecule has 1 atom stereocenters. The van der Waals surface area contributed by atoms with Gasteiger partial charge >= 0.3 is 29.8 Å². The number of thiazole rings is 1. The molecular formula is C41H30N2O12S. The van der Waals surface area contributed by atoms with Crippen molar-refractivity contribution in [2.75, 3.05) is 20.0 Å². The summed E-state index contributed by atoms with van der Waals surface area (Å²) in [7, 11) is 0. The number of nitriles is 1. The molecule has 0 radical (unpaired) electrons. The zero-order valence-electron chi connectivity index (χ0n) is 29.3. The average Bonchev–Trinajstić information content (AvgIpc) is 3.69. The van der Waals surface area contributed by atoms with Crippen LogP contribution in [-0.2, 0) is 28.6 Å². The first-order chi connectivity index (χ1) is 27.1. The number of benzene rings is 4. The summed E-state index contributed by atoms with van der Waals surface area (Å²) in [5.41, 5.74) is 1.71. The first-order valence-corrected chi connectivity index (χ1v) is 17.2. The monoisotopic (exact) mass is 774 g/mol. The molecule has 5 rings (SSSR count). The lowest BCUT2D eigenvalue weighted by Crippen LogP contribution is -2.30. The van der Waals surface area contributed by atoms with E-state index in [0.717, 1.165) is 18.2 Å². The molecular weight excluding hydrogens is 745 g/mol. The van der Waals surface area contributed by atoms with Gasteiger partial charge in [-0.25, -0.2) is 29.0 Å². The van der Waals surface area contributed by atoms with Gasteiger partial charge in [0.2, 0.25) is 6.79 Å². The van der Waals surface area contributed by atoms with Crippen molar-refractivity contribution in [3.8, 4) is 39.6 Å². The Morgan fingerprint density at radius 3 is 1.82 bits per heavy atom. The number of esters is 5. The summed E-state index contributed by atoms with van der Waals surface area (Å²) in [5, 5.41) is 9.74. The fourth-order valence-corrected chi connectivity index (χ4v) is 5.63. The van der Waals surface area contributed by atoms with Crippen LogP contribution >= 0.6 is 11.3 Å². The fourth-order valence-electron chi connectivity index (χ4n) is 4.59. The van der Waals surface area contributed by atoms with Crippen molar-refractivity contribution < 1.29 is 57.1 Å². The molecule has 0 saturated carbocycles. The number of carbonyl (C=O) groups is 5. The number of carbonyl (C=O) groups excluding carboxylic acids is 5. The van der Waals surface area contributed by atoms with Crippen LogP contribution in [0.3, 0.4) is 0 Å². The van der Waals surface area contributed by atoms with Gasteiger partial charge in [-0.05, 0) is 72.8 Å². The maximum atomic E-state index is 13.3. The molecule has 0 saturated heterocycles. The first-order valence-electron chi connectivity index (χ1n) is 16.4. The molecule has 0 fully saturated rings. The van der Waals surface area contributed by atoms with Crippen molar-refractivity contribution >= 4 is 51.4 Å². The highest BCUT2D eigenvalue weighted by Gasteiger charge is 2.21. The van der Waals surface area contributed by atoms with Gasteiger partial charge in [0.15, 0.2) is 17.6 Å². The van der Waals surface area contributed by atoms with Crippen LogP contribution in [0.15, 0.2) is 123 Å². The van der Waals surface area contributed by atoms with Crippen molar-refractivity contribution in [2.45, 2.75) is 6.10 Å². The second-order valence-corrected chi connectivity index (χ2v) is 12.1. The largest absolute Gasteiger partial charge is 0.490 e. The van der Waals surface area contributed by atoms with Crippen molar-refractivity contribution in [3.63, 3.8) is 0 Å². The third-order valence-electron chi connectivity index (χ3n) is 7.37. The van der Waals surface area contributed by atoms with Gasteiger partial charge in [-0.15, -0.1) is 11.3 Å². The number of aromatic nitrogens is 1. The molecule has 5 aromatic rings. The van der Waals surface area contributed by atoms with Crippen LogP contribution in [0, 0.1) is 11.3 Å². The van der Waals surface area contributed by atoms with E-state index in [0.29, 0.717) is 32.3 Å². The molecule has 1 heterocycles. The summed E-state index contributed by atoms with van der Waals surface area (Å²) >= 11 is 1.18. The SMILES string of the molecule is C=CC(=O)OCOc1ccc(C(=O)Oc2ccc(OC(=O)c3ccc(OCC(COC(=O)C=C)OC(=O)C=C)cc3)c3nc(-c4ccc(C#N)cc4)sc23)cc1. The van der Waals surface area contributed by atoms with Crippen molar-refractivity contribution in [2.24, 2.45) is 0 Å². The number of ether oxygens (including phenoxy) is 7. The van der Waals surface area contributed by atoms with E-state index in [2.05, 4.69) is 25.8 Å². The standard InChI is InChI=1S/C41H30N2O12S/c1-4-34(44)50-23-31(53-36(46)6-3)22-49-29-15-11-27(12-16-29)40(47)54-32-19-20-33(38-37(32)43-39(56-38)26-9-7-25(21-42)8-10-26)55-41(48)28-13-17-30(18-14-28)51-24-52-35(45)5-2/h4-20,31H,1-3,22-24H2. The molecule has 14 nitrogen and oxygen atoms in total. The Morgan fingerprint density at radius 1 is 0.679 bits per heavy atom. The van der Waals surface area contributed by atoms with E-state index >= 15 is 0 Å². The second-order valence-electron chi connectivity index (χ2n) is 11.1. The molecule has 4 aromatic carbocycles. The summed E-state index contributed by atoms with van der Waals surface area (Å²) in [4.78, 5) is 65.7. The number of nitrogens with zero attached hydrogens (tertiary/aromatic N) is 2. The third kappa shape index (κ3) is 10.5. The van der Waals surface area contributed by atoms with Crippen LogP contribution < -0.4 is 18.9 Å². The Labute approximate surface area is 323 Å². The molecule has 56 heavy (non-hydrogen) atoms. The molecule has 15 heteroatoms. The zero-order valence-corrected chi connectivity index (χ0v) is 30.2. The molecule has 0 aliphatic heterocycles. The molecule has 0 aliphatic carbocycles. The Balaban J connectivity index is 1.33. The van der Waals surface area contributed by atoms with Gasteiger partial charge in [0.25, 0.3) is 0 Å².